The first-order valence-electron chi connectivity index (χ1n) is 14.5. The van der Waals surface area contributed by atoms with Gasteiger partial charge >= 0.3 is 0 Å². The van der Waals surface area contributed by atoms with Crippen LogP contribution in [0, 0.1) is 11.3 Å². The Morgan fingerprint density at radius 3 is 1.95 bits per heavy atom. The Morgan fingerprint density at radius 1 is 0.409 bits per heavy atom. The van der Waals surface area contributed by atoms with Gasteiger partial charge in [-0.05, 0) is 64.4 Å². The molecule has 0 bridgehead atoms. The molecule has 0 unspecified atom stereocenters. The van der Waals surface area contributed by atoms with E-state index in [9.17, 15) is 5.26 Å². The Bertz CT molecular complexity index is 2390. The molecule has 0 amide bonds. The molecule has 8 aromatic rings. The summed E-state index contributed by atoms with van der Waals surface area (Å²) in [7, 11) is 0. The van der Waals surface area contributed by atoms with E-state index in [4.69, 9.17) is 15.0 Å². The lowest BCUT2D eigenvalue weighted by molar-refractivity contribution is 1.18. The lowest BCUT2D eigenvalue weighted by Crippen LogP contribution is -1.96. The molecule has 2 heterocycles. The summed E-state index contributed by atoms with van der Waals surface area (Å²) in [6.45, 7) is 0. The molecule has 8 rings (SSSR count). The summed E-state index contributed by atoms with van der Waals surface area (Å²) in [5.74, 6) is 0.645. The molecule has 44 heavy (non-hydrogen) atoms. The molecule has 0 aliphatic rings. The number of rotatable bonds is 4. The number of para-hydroxylation sites is 1. The van der Waals surface area contributed by atoms with E-state index in [1.165, 1.54) is 10.8 Å². The van der Waals surface area contributed by atoms with Crippen LogP contribution in [0.25, 0.3) is 77.6 Å². The van der Waals surface area contributed by atoms with Gasteiger partial charge in [0.2, 0.25) is 0 Å². The Morgan fingerprint density at radius 2 is 1.11 bits per heavy atom. The van der Waals surface area contributed by atoms with Crippen molar-refractivity contribution >= 4 is 32.6 Å². The second-order valence-electron chi connectivity index (χ2n) is 10.8. The van der Waals surface area contributed by atoms with Crippen LogP contribution in [0.1, 0.15) is 5.56 Å². The third-order valence-corrected chi connectivity index (χ3v) is 8.08. The van der Waals surface area contributed by atoms with E-state index in [0.717, 1.165) is 61.0 Å². The fourth-order valence-corrected chi connectivity index (χ4v) is 5.80. The summed E-state index contributed by atoms with van der Waals surface area (Å²) in [5, 5.41) is 14.1. The highest BCUT2D eigenvalue weighted by atomic mass is 14.9. The van der Waals surface area contributed by atoms with E-state index in [1.54, 1.807) is 6.07 Å². The van der Waals surface area contributed by atoms with E-state index >= 15 is 0 Å². The first kappa shape index (κ1) is 25.5. The number of pyridine rings is 1. The van der Waals surface area contributed by atoms with Crippen molar-refractivity contribution in [1.29, 1.82) is 5.26 Å². The van der Waals surface area contributed by atoms with Gasteiger partial charge in [-0.3, -0.25) is 0 Å². The van der Waals surface area contributed by atoms with Gasteiger partial charge in [-0.15, -0.1) is 0 Å². The van der Waals surface area contributed by atoms with Crippen LogP contribution >= 0.6 is 0 Å². The van der Waals surface area contributed by atoms with E-state index in [0.29, 0.717) is 11.4 Å². The summed E-state index contributed by atoms with van der Waals surface area (Å²) < 4.78 is 0. The molecule has 204 valence electrons. The highest BCUT2D eigenvalue weighted by Gasteiger charge is 2.12. The van der Waals surface area contributed by atoms with Gasteiger partial charge in [-0.1, -0.05) is 103 Å². The molecule has 0 fully saturated rings. The van der Waals surface area contributed by atoms with E-state index in [2.05, 4.69) is 84.9 Å². The molecule has 0 saturated carbocycles. The Labute approximate surface area is 254 Å². The standard InChI is InChI=1S/C40H24N4/c41-25-26-7-6-11-32(21-26)39-24-38(43-40(44-39)30-8-2-1-3-9-30)29-16-13-27(14-17-29)31-18-15-28-19-20-37-35(34(28)22-31)23-33-10-4-5-12-36(33)42-37/h1-24H. The van der Waals surface area contributed by atoms with Crippen LogP contribution in [-0.2, 0) is 0 Å². The van der Waals surface area contributed by atoms with Crippen LogP contribution in [0.5, 0.6) is 0 Å². The summed E-state index contributed by atoms with van der Waals surface area (Å²) in [6, 6.07) is 51.7. The minimum atomic E-state index is 0.598. The molecular weight excluding hydrogens is 536 g/mol. The largest absolute Gasteiger partial charge is 0.248 e. The van der Waals surface area contributed by atoms with Crippen molar-refractivity contribution in [2.24, 2.45) is 0 Å². The number of aromatic nitrogens is 3. The van der Waals surface area contributed by atoms with Gasteiger partial charge in [-0.25, -0.2) is 15.0 Å². The second-order valence-corrected chi connectivity index (χ2v) is 10.8. The third kappa shape index (κ3) is 4.63. The summed E-state index contributed by atoms with van der Waals surface area (Å²) in [6.07, 6.45) is 0. The van der Waals surface area contributed by atoms with Crippen molar-refractivity contribution in [2.45, 2.75) is 0 Å². The van der Waals surface area contributed by atoms with Crippen LogP contribution in [0.2, 0.25) is 0 Å². The summed E-state index contributed by atoms with van der Waals surface area (Å²) in [5.41, 5.74) is 9.29. The number of hydrogen-bond acceptors (Lipinski definition) is 4. The van der Waals surface area contributed by atoms with Crippen molar-refractivity contribution in [2.75, 3.05) is 0 Å². The van der Waals surface area contributed by atoms with Crippen molar-refractivity contribution in [3.05, 3.63) is 151 Å². The predicted octanol–water partition coefficient (Wildman–Crippen LogP) is 9.87. The minimum Gasteiger partial charge on any atom is -0.248 e. The molecule has 0 radical (unpaired) electrons. The van der Waals surface area contributed by atoms with Gasteiger partial charge in [0.15, 0.2) is 5.82 Å². The summed E-state index contributed by atoms with van der Waals surface area (Å²) in [4.78, 5) is 14.8. The number of hydrogen-bond donors (Lipinski definition) is 0. The Balaban J connectivity index is 1.21. The molecule has 0 saturated heterocycles. The van der Waals surface area contributed by atoms with Crippen LogP contribution < -0.4 is 0 Å². The molecule has 0 spiro atoms. The zero-order valence-corrected chi connectivity index (χ0v) is 23.6. The van der Waals surface area contributed by atoms with Crippen molar-refractivity contribution in [1.82, 2.24) is 15.0 Å². The fourth-order valence-electron chi connectivity index (χ4n) is 5.80. The maximum absolute atomic E-state index is 9.46. The monoisotopic (exact) mass is 560 g/mol. The Hall–Kier alpha value is -6.18. The van der Waals surface area contributed by atoms with Gasteiger partial charge in [0.25, 0.3) is 0 Å². The van der Waals surface area contributed by atoms with Gasteiger partial charge in [0, 0.05) is 27.5 Å². The van der Waals surface area contributed by atoms with Crippen molar-refractivity contribution in [3.63, 3.8) is 0 Å². The van der Waals surface area contributed by atoms with Crippen LogP contribution in [0.15, 0.2) is 146 Å². The van der Waals surface area contributed by atoms with Crippen LogP contribution in [0.4, 0.5) is 0 Å². The normalized spacial score (nSPS) is 11.2. The zero-order chi connectivity index (χ0) is 29.5. The fraction of sp³-hybridized carbons (Fsp3) is 0. The third-order valence-electron chi connectivity index (χ3n) is 8.08. The lowest BCUT2D eigenvalue weighted by Gasteiger charge is -2.11. The first-order valence-corrected chi connectivity index (χ1v) is 14.5. The van der Waals surface area contributed by atoms with Gasteiger partial charge in [0.05, 0.1) is 34.1 Å². The van der Waals surface area contributed by atoms with Crippen LogP contribution in [-0.4, -0.2) is 15.0 Å². The predicted molar refractivity (Wildman–Crippen MR) is 179 cm³/mol. The zero-order valence-electron chi connectivity index (χ0n) is 23.6. The molecule has 0 aliphatic heterocycles. The van der Waals surface area contributed by atoms with Crippen molar-refractivity contribution < 1.29 is 0 Å². The molecule has 0 atom stereocenters. The average Bonchev–Trinajstić information content (AvgIpc) is 3.11. The summed E-state index contributed by atoms with van der Waals surface area (Å²) >= 11 is 0. The first-order chi connectivity index (χ1) is 21.7. The number of benzene rings is 6. The van der Waals surface area contributed by atoms with E-state index in [-0.39, 0.29) is 0 Å². The topological polar surface area (TPSA) is 62.5 Å². The molecule has 4 heteroatoms. The maximum atomic E-state index is 9.46. The number of nitrogens with zero attached hydrogens (tertiary/aromatic N) is 4. The average molecular weight is 561 g/mol. The van der Waals surface area contributed by atoms with Gasteiger partial charge in [-0.2, -0.15) is 5.26 Å². The number of nitriles is 1. The smallest absolute Gasteiger partial charge is 0.160 e. The maximum Gasteiger partial charge on any atom is 0.160 e. The van der Waals surface area contributed by atoms with Gasteiger partial charge in [0.1, 0.15) is 0 Å². The molecular formula is C40H24N4. The van der Waals surface area contributed by atoms with E-state index in [1.807, 2.05) is 60.7 Å². The lowest BCUT2D eigenvalue weighted by atomic mass is 9.97. The minimum absolute atomic E-state index is 0.598. The van der Waals surface area contributed by atoms with Crippen molar-refractivity contribution in [3.8, 4) is 51.1 Å². The Kier molecular flexibility index (Phi) is 6.14. The van der Waals surface area contributed by atoms with Crippen LogP contribution in [0.3, 0.4) is 0 Å². The number of fused-ring (bicyclic) bond motifs is 4. The molecule has 0 N–H and O–H groups in total. The quantitative estimate of drug-likeness (QED) is 0.159. The van der Waals surface area contributed by atoms with Gasteiger partial charge < -0.3 is 0 Å². The highest BCUT2D eigenvalue weighted by Crippen LogP contribution is 2.33. The SMILES string of the molecule is N#Cc1cccc(-c2cc(-c3ccc(-c4ccc5ccc6nc7ccccc7cc6c5c4)cc3)nc(-c3ccccc3)n2)c1. The van der Waals surface area contributed by atoms with E-state index < -0.39 is 0 Å². The molecule has 4 nitrogen and oxygen atoms in total. The molecule has 2 aromatic heterocycles. The highest BCUT2D eigenvalue weighted by molar-refractivity contribution is 6.10. The molecule has 6 aromatic carbocycles. The second kappa shape index (κ2) is 10.6. The molecule has 0 aliphatic carbocycles.